The molecule has 1 aromatic carbocycles. The van der Waals surface area contributed by atoms with Gasteiger partial charge in [0.25, 0.3) is 0 Å². The van der Waals surface area contributed by atoms with Crippen molar-refractivity contribution in [1.82, 2.24) is 20.0 Å². The van der Waals surface area contributed by atoms with E-state index in [0.29, 0.717) is 12.6 Å². The van der Waals surface area contributed by atoms with Crippen LogP contribution in [0.25, 0.3) is 0 Å². The Morgan fingerprint density at radius 2 is 2.00 bits per heavy atom. The smallest absolute Gasteiger partial charge is 0.319 e. The van der Waals surface area contributed by atoms with E-state index in [-0.39, 0.29) is 6.03 Å². The zero-order valence-corrected chi connectivity index (χ0v) is 14.7. The SMILES string of the molecule is C[C@@H](c1ccc(NC(=O)NCc2cnn(C)c2)cc1)N1CCOCC1. The Labute approximate surface area is 148 Å². The first-order valence-electron chi connectivity index (χ1n) is 8.56. The molecular formula is C18H25N5O2. The molecule has 1 atom stereocenters. The van der Waals surface area contributed by atoms with E-state index >= 15 is 0 Å². The van der Waals surface area contributed by atoms with Gasteiger partial charge in [-0.3, -0.25) is 9.58 Å². The van der Waals surface area contributed by atoms with Gasteiger partial charge in [0.2, 0.25) is 0 Å². The molecule has 7 nitrogen and oxygen atoms in total. The van der Waals surface area contributed by atoms with Crippen LogP contribution in [0, 0.1) is 0 Å². The van der Waals surface area contributed by atoms with Crippen molar-refractivity contribution >= 4 is 11.7 Å². The molecule has 2 heterocycles. The summed E-state index contributed by atoms with van der Waals surface area (Å²) < 4.78 is 7.12. The summed E-state index contributed by atoms with van der Waals surface area (Å²) in [4.78, 5) is 14.4. The third-order valence-corrected chi connectivity index (χ3v) is 4.46. The standard InChI is InChI=1S/C18H25N5O2/c1-14(23-7-9-25-10-8-23)16-3-5-17(6-4-16)21-18(24)19-11-15-12-20-22(2)13-15/h3-6,12-14H,7-11H2,1-2H3,(H2,19,21,24)/t14-/m0/s1. The highest BCUT2D eigenvalue weighted by Gasteiger charge is 2.18. The second-order valence-corrected chi connectivity index (χ2v) is 6.28. The van der Waals surface area contributed by atoms with Crippen LogP contribution in [0.4, 0.5) is 10.5 Å². The van der Waals surface area contributed by atoms with E-state index < -0.39 is 0 Å². The first-order chi connectivity index (χ1) is 12.1. The molecule has 134 valence electrons. The van der Waals surface area contributed by atoms with E-state index in [1.807, 2.05) is 25.4 Å². The predicted octanol–water partition coefficient (Wildman–Crippen LogP) is 2.13. The second kappa shape index (κ2) is 8.13. The summed E-state index contributed by atoms with van der Waals surface area (Å²) in [6.07, 6.45) is 3.62. The number of nitrogens with zero attached hydrogens (tertiary/aromatic N) is 3. The molecule has 0 saturated carbocycles. The van der Waals surface area contributed by atoms with E-state index in [4.69, 9.17) is 4.74 Å². The lowest BCUT2D eigenvalue weighted by atomic mass is 10.1. The molecule has 0 bridgehead atoms. The minimum Gasteiger partial charge on any atom is -0.379 e. The number of aryl methyl sites for hydroxylation is 1. The van der Waals surface area contributed by atoms with Crippen molar-refractivity contribution < 1.29 is 9.53 Å². The van der Waals surface area contributed by atoms with Gasteiger partial charge in [-0.1, -0.05) is 12.1 Å². The van der Waals surface area contributed by atoms with Gasteiger partial charge < -0.3 is 15.4 Å². The average Bonchev–Trinajstić information content (AvgIpc) is 3.06. The van der Waals surface area contributed by atoms with Crippen molar-refractivity contribution in [3.05, 3.63) is 47.8 Å². The topological polar surface area (TPSA) is 71.4 Å². The third kappa shape index (κ3) is 4.80. The maximum atomic E-state index is 12.0. The maximum absolute atomic E-state index is 12.0. The number of hydrogen-bond acceptors (Lipinski definition) is 4. The summed E-state index contributed by atoms with van der Waals surface area (Å²) in [5, 5.41) is 9.75. The molecule has 0 radical (unpaired) electrons. The van der Waals surface area contributed by atoms with Crippen LogP contribution in [0.3, 0.4) is 0 Å². The van der Waals surface area contributed by atoms with Crippen LogP contribution in [-0.4, -0.2) is 47.0 Å². The normalized spacial score (nSPS) is 16.4. The molecule has 1 aliphatic rings. The number of urea groups is 1. The van der Waals surface area contributed by atoms with Crippen LogP contribution >= 0.6 is 0 Å². The molecule has 25 heavy (non-hydrogen) atoms. The van der Waals surface area contributed by atoms with E-state index in [0.717, 1.165) is 37.6 Å². The number of benzene rings is 1. The molecule has 3 rings (SSSR count). The number of aromatic nitrogens is 2. The first-order valence-corrected chi connectivity index (χ1v) is 8.56. The molecule has 0 unspecified atom stereocenters. The van der Waals surface area contributed by atoms with Crippen molar-refractivity contribution in [3.8, 4) is 0 Å². The number of carbonyl (C=O) groups excluding carboxylic acids is 1. The van der Waals surface area contributed by atoms with Gasteiger partial charge in [0.15, 0.2) is 0 Å². The fourth-order valence-corrected chi connectivity index (χ4v) is 2.94. The number of anilines is 1. The minimum absolute atomic E-state index is 0.224. The van der Waals surface area contributed by atoms with Crippen LogP contribution in [0.15, 0.2) is 36.7 Å². The summed E-state index contributed by atoms with van der Waals surface area (Å²) in [5.41, 5.74) is 2.98. The van der Waals surface area contributed by atoms with Crippen molar-refractivity contribution in [3.63, 3.8) is 0 Å². The highest BCUT2D eigenvalue weighted by atomic mass is 16.5. The monoisotopic (exact) mass is 343 g/mol. The lowest BCUT2D eigenvalue weighted by Gasteiger charge is -2.32. The molecule has 0 aliphatic carbocycles. The number of ether oxygens (including phenoxy) is 1. The summed E-state index contributed by atoms with van der Waals surface area (Å²) >= 11 is 0. The number of morpholine rings is 1. The molecular weight excluding hydrogens is 318 g/mol. The number of carbonyl (C=O) groups is 1. The van der Waals surface area contributed by atoms with Gasteiger partial charge in [0, 0.05) is 50.2 Å². The summed E-state index contributed by atoms with van der Waals surface area (Å²) in [7, 11) is 1.85. The Balaban J connectivity index is 1.50. The molecule has 1 saturated heterocycles. The number of amides is 2. The van der Waals surface area contributed by atoms with Gasteiger partial charge in [0.05, 0.1) is 19.4 Å². The molecule has 2 amide bonds. The lowest BCUT2D eigenvalue weighted by molar-refractivity contribution is 0.0198. The highest BCUT2D eigenvalue weighted by Crippen LogP contribution is 2.22. The third-order valence-electron chi connectivity index (χ3n) is 4.46. The molecule has 1 aromatic heterocycles. The summed E-state index contributed by atoms with van der Waals surface area (Å²) in [6.45, 7) is 6.15. The van der Waals surface area contributed by atoms with Crippen molar-refractivity contribution in [2.24, 2.45) is 7.05 Å². The van der Waals surface area contributed by atoms with Gasteiger partial charge in [-0.05, 0) is 24.6 Å². The maximum Gasteiger partial charge on any atom is 0.319 e. The fourth-order valence-electron chi connectivity index (χ4n) is 2.94. The average molecular weight is 343 g/mol. The van der Waals surface area contributed by atoms with Gasteiger partial charge in [-0.2, -0.15) is 5.10 Å². The van der Waals surface area contributed by atoms with Crippen LogP contribution in [0.1, 0.15) is 24.1 Å². The molecule has 7 heteroatoms. The van der Waals surface area contributed by atoms with Crippen molar-refractivity contribution in [2.45, 2.75) is 19.5 Å². The van der Waals surface area contributed by atoms with Crippen LogP contribution in [-0.2, 0) is 18.3 Å². The predicted molar refractivity (Wildman–Crippen MR) is 96.3 cm³/mol. The van der Waals surface area contributed by atoms with Crippen molar-refractivity contribution in [1.29, 1.82) is 0 Å². The van der Waals surface area contributed by atoms with Gasteiger partial charge in [-0.15, -0.1) is 0 Å². The molecule has 1 fully saturated rings. The summed E-state index contributed by atoms with van der Waals surface area (Å²) in [6, 6.07) is 8.13. The molecule has 0 spiro atoms. The Bertz CT molecular complexity index is 692. The van der Waals surface area contributed by atoms with Gasteiger partial charge in [-0.25, -0.2) is 4.79 Å². The van der Waals surface area contributed by atoms with Gasteiger partial charge >= 0.3 is 6.03 Å². The molecule has 2 aromatic rings. The van der Waals surface area contributed by atoms with E-state index in [1.165, 1.54) is 5.56 Å². The second-order valence-electron chi connectivity index (χ2n) is 6.28. The largest absolute Gasteiger partial charge is 0.379 e. The van der Waals surface area contributed by atoms with Crippen LogP contribution in [0.2, 0.25) is 0 Å². The highest BCUT2D eigenvalue weighted by molar-refractivity contribution is 5.89. The fraction of sp³-hybridized carbons (Fsp3) is 0.444. The zero-order valence-electron chi connectivity index (χ0n) is 14.7. The van der Waals surface area contributed by atoms with Crippen molar-refractivity contribution in [2.75, 3.05) is 31.6 Å². The van der Waals surface area contributed by atoms with Gasteiger partial charge in [0.1, 0.15) is 0 Å². The van der Waals surface area contributed by atoms with E-state index in [9.17, 15) is 4.79 Å². The Hall–Kier alpha value is -2.38. The van der Waals surface area contributed by atoms with E-state index in [2.05, 4.69) is 39.7 Å². The Kier molecular flexibility index (Phi) is 5.67. The molecule has 2 N–H and O–H groups in total. The van der Waals surface area contributed by atoms with E-state index in [1.54, 1.807) is 10.9 Å². The Morgan fingerprint density at radius 1 is 1.28 bits per heavy atom. The number of hydrogen-bond donors (Lipinski definition) is 2. The van der Waals surface area contributed by atoms with Crippen LogP contribution in [0.5, 0.6) is 0 Å². The Morgan fingerprint density at radius 3 is 2.64 bits per heavy atom. The lowest BCUT2D eigenvalue weighted by Crippen LogP contribution is -2.38. The molecule has 1 aliphatic heterocycles. The van der Waals surface area contributed by atoms with Crippen LogP contribution < -0.4 is 10.6 Å². The zero-order chi connectivity index (χ0) is 17.6. The minimum atomic E-state index is -0.224. The number of rotatable bonds is 5. The summed E-state index contributed by atoms with van der Waals surface area (Å²) in [5.74, 6) is 0. The first kappa shape index (κ1) is 17.4. The number of nitrogens with one attached hydrogen (secondary N) is 2. The quantitative estimate of drug-likeness (QED) is 0.872.